The lowest BCUT2D eigenvalue weighted by Crippen LogP contribution is -2.48. The predicted octanol–water partition coefficient (Wildman–Crippen LogP) is 2.76. The van der Waals surface area contributed by atoms with Crippen molar-refractivity contribution in [3.63, 3.8) is 0 Å². The zero-order chi connectivity index (χ0) is 20.0. The molecule has 0 aliphatic carbocycles. The number of fused-ring (bicyclic) bond motifs is 2. The second kappa shape index (κ2) is 7.42. The molecule has 1 amide bonds. The van der Waals surface area contributed by atoms with Crippen LogP contribution in [-0.4, -0.2) is 52.3 Å². The van der Waals surface area contributed by atoms with Crippen LogP contribution in [0.25, 0.3) is 0 Å². The molecule has 3 aliphatic rings. The van der Waals surface area contributed by atoms with Crippen molar-refractivity contribution in [2.45, 2.75) is 50.8 Å². The number of anilines is 2. The predicted molar refractivity (Wildman–Crippen MR) is 101 cm³/mol. The zero-order valence-electron chi connectivity index (χ0n) is 15.5. The van der Waals surface area contributed by atoms with Crippen molar-refractivity contribution in [2.75, 3.05) is 27.9 Å². The van der Waals surface area contributed by atoms with Crippen LogP contribution in [-0.2, 0) is 20.3 Å². The number of rotatable bonds is 5. The van der Waals surface area contributed by atoms with Crippen molar-refractivity contribution in [3.05, 3.63) is 23.8 Å². The lowest BCUT2D eigenvalue weighted by molar-refractivity contribution is -0.117. The molecule has 0 N–H and O–H groups in total. The minimum atomic E-state index is -0.946. The molecule has 0 radical (unpaired) electrons. The van der Waals surface area contributed by atoms with Gasteiger partial charge in [-0.2, -0.15) is 0 Å². The smallest absolute Gasteiger partial charge is 0.414 e. The van der Waals surface area contributed by atoms with Gasteiger partial charge in [-0.1, -0.05) is 0 Å². The van der Waals surface area contributed by atoms with Crippen LogP contribution in [0.2, 0.25) is 0 Å². The molecule has 9 heteroatoms. The molecule has 4 rings (SSSR count). The Hall–Kier alpha value is -2.03. The fourth-order valence-corrected chi connectivity index (χ4v) is 6.00. The third-order valence-electron chi connectivity index (χ3n) is 5.64. The van der Waals surface area contributed by atoms with Crippen LogP contribution >= 0.6 is 0 Å². The summed E-state index contributed by atoms with van der Waals surface area (Å²) < 4.78 is 46.9. The molecule has 3 saturated heterocycles. The van der Waals surface area contributed by atoms with Crippen LogP contribution in [0.4, 0.5) is 25.0 Å². The van der Waals surface area contributed by atoms with Gasteiger partial charge in [0.25, 0.3) is 0 Å². The summed E-state index contributed by atoms with van der Waals surface area (Å²) in [6.07, 6.45) is 1.06. The van der Waals surface area contributed by atoms with Crippen LogP contribution in [0, 0.1) is 11.6 Å². The third kappa shape index (κ3) is 3.52. The van der Waals surface area contributed by atoms with Crippen LogP contribution in [0.15, 0.2) is 12.1 Å². The molecule has 3 fully saturated rings. The van der Waals surface area contributed by atoms with Crippen molar-refractivity contribution < 1.29 is 27.3 Å². The Morgan fingerprint density at radius 1 is 1.21 bits per heavy atom. The average Bonchev–Trinajstić information content (AvgIpc) is 3.10. The molecule has 152 valence electrons. The van der Waals surface area contributed by atoms with Crippen molar-refractivity contribution >= 4 is 34.1 Å². The first-order valence-electron chi connectivity index (χ1n) is 9.43. The van der Waals surface area contributed by atoms with E-state index in [0.29, 0.717) is 17.9 Å². The Morgan fingerprint density at radius 2 is 1.82 bits per heavy atom. The molecule has 1 aromatic carbocycles. The summed E-state index contributed by atoms with van der Waals surface area (Å²) in [5.41, 5.74) is -0.00403. The number of ether oxygens (including phenoxy) is 1. The number of carbonyl (C=O) groups excluding carboxylic acids is 2. The van der Waals surface area contributed by atoms with Gasteiger partial charge in [-0.25, -0.2) is 13.6 Å². The zero-order valence-corrected chi connectivity index (χ0v) is 16.3. The topological polar surface area (TPSA) is 66.9 Å². The number of carbonyl (C=O) groups is 2. The third-order valence-corrected chi connectivity index (χ3v) is 7.15. The number of cyclic esters (lactones) is 1. The van der Waals surface area contributed by atoms with Crippen molar-refractivity contribution in [1.29, 1.82) is 0 Å². The number of ketones is 1. The second-order valence-corrected chi connectivity index (χ2v) is 9.23. The Morgan fingerprint density at radius 3 is 2.39 bits per heavy atom. The average molecular weight is 412 g/mol. The maximum Gasteiger partial charge on any atom is 0.414 e. The SMILES string of the molecule is CC(=O)CC[C@H]1CN(c2cc(F)c(N3C4CCC3CS(=O)C4)c(F)c2)C(=O)O1. The van der Waals surface area contributed by atoms with Gasteiger partial charge >= 0.3 is 6.09 Å². The normalized spacial score (nSPS) is 29.3. The maximum absolute atomic E-state index is 14.9. The molecular weight excluding hydrogens is 390 g/mol. The molecule has 0 spiro atoms. The molecule has 3 heterocycles. The van der Waals surface area contributed by atoms with Crippen LogP contribution in [0.5, 0.6) is 0 Å². The fraction of sp³-hybridized carbons (Fsp3) is 0.579. The van der Waals surface area contributed by atoms with E-state index in [9.17, 15) is 22.6 Å². The van der Waals surface area contributed by atoms with E-state index in [1.807, 2.05) is 0 Å². The quantitative estimate of drug-likeness (QED) is 0.744. The summed E-state index contributed by atoms with van der Waals surface area (Å²) in [4.78, 5) is 26.2. The van der Waals surface area contributed by atoms with Gasteiger partial charge in [0.05, 0.1) is 12.2 Å². The maximum atomic E-state index is 14.9. The van der Waals surface area contributed by atoms with Crippen molar-refractivity contribution in [1.82, 2.24) is 0 Å². The van der Waals surface area contributed by atoms with E-state index >= 15 is 0 Å². The molecule has 0 aromatic heterocycles. The highest BCUT2D eigenvalue weighted by Gasteiger charge is 2.42. The van der Waals surface area contributed by atoms with Gasteiger partial charge in [0.1, 0.15) is 17.6 Å². The van der Waals surface area contributed by atoms with Gasteiger partial charge in [0.15, 0.2) is 11.6 Å². The number of halogens is 2. The Labute approximate surface area is 164 Å². The summed E-state index contributed by atoms with van der Waals surface area (Å²) in [6.45, 7) is 1.61. The number of Topliss-reactive ketones (excluding diaryl/α,β-unsaturated/α-hetero) is 1. The van der Waals surface area contributed by atoms with Crippen molar-refractivity contribution in [2.24, 2.45) is 0 Å². The summed E-state index contributed by atoms with van der Waals surface area (Å²) in [6, 6.07) is 2.06. The molecule has 2 unspecified atom stereocenters. The Kier molecular flexibility index (Phi) is 5.11. The van der Waals surface area contributed by atoms with Gasteiger partial charge < -0.3 is 14.4 Å². The van der Waals surface area contributed by atoms with Crippen LogP contribution in [0.1, 0.15) is 32.6 Å². The molecule has 28 heavy (non-hydrogen) atoms. The summed E-state index contributed by atoms with van der Waals surface area (Å²) in [5.74, 6) is -0.631. The minimum absolute atomic E-state index is 0.00645. The molecule has 0 saturated carbocycles. The van der Waals surface area contributed by atoms with E-state index in [2.05, 4.69) is 0 Å². The van der Waals surface area contributed by atoms with Crippen LogP contribution in [0.3, 0.4) is 0 Å². The summed E-state index contributed by atoms with van der Waals surface area (Å²) in [5, 5.41) is 0. The van der Waals surface area contributed by atoms with Gasteiger partial charge in [0.2, 0.25) is 0 Å². The second-order valence-electron chi connectivity index (χ2n) is 7.68. The van der Waals surface area contributed by atoms with E-state index in [-0.39, 0.29) is 42.2 Å². The van der Waals surface area contributed by atoms with E-state index in [1.54, 1.807) is 4.90 Å². The standard InChI is InChI=1S/C19H22F2N2O4S/c1-11(24)2-5-15-8-22(19(25)27-15)14-6-16(20)18(17(21)7-14)23-12-3-4-13(23)10-28(26)9-12/h6-7,12-13,15H,2-5,8-10H2,1H3/t12?,13?,15-,28?/m0/s1. The lowest BCUT2D eigenvalue weighted by atomic mass is 10.1. The molecule has 3 aliphatic heterocycles. The summed E-state index contributed by atoms with van der Waals surface area (Å²) in [7, 11) is -0.946. The minimum Gasteiger partial charge on any atom is -0.444 e. The van der Waals surface area contributed by atoms with E-state index in [4.69, 9.17) is 4.74 Å². The largest absolute Gasteiger partial charge is 0.444 e. The van der Waals surface area contributed by atoms with E-state index in [1.165, 1.54) is 11.8 Å². The Bertz CT molecular complexity index is 810. The highest BCUT2D eigenvalue weighted by molar-refractivity contribution is 7.85. The molecular formula is C19H22F2N2O4S. The van der Waals surface area contributed by atoms with Gasteiger partial charge in [-0.15, -0.1) is 0 Å². The molecule has 3 atom stereocenters. The first-order valence-corrected chi connectivity index (χ1v) is 10.9. The van der Waals surface area contributed by atoms with Gasteiger partial charge in [0, 0.05) is 52.9 Å². The monoisotopic (exact) mass is 412 g/mol. The first kappa shape index (κ1) is 19.3. The van der Waals surface area contributed by atoms with Gasteiger partial charge in [-0.3, -0.25) is 9.11 Å². The number of amides is 1. The molecule has 2 bridgehead atoms. The number of nitrogens with zero attached hydrogens (tertiary/aromatic N) is 2. The lowest BCUT2D eigenvalue weighted by Gasteiger charge is -2.36. The highest BCUT2D eigenvalue weighted by Crippen LogP contribution is 2.39. The molecule has 6 nitrogen and oxygen atoms in total. The van der Waals surface area contributed by atoms with Crippen molar-refractivity contribution in [3.8, 4) is 0 Å². The van der Waals surface area contributed by atoms with E-state index in [0.717, 1.165) is 25.0 Å². The number of hydrogen-bond donors (Lipinski definition) is 0. The van der Waals surface area contributed by atoms with E-state index < -0.39 is 34.6 Å². The highest BCUT2D eigenvalue weighted by atomic mass is 32.2. The Balaban J connectivity index is 1.56. The van der Waals surface area contributed by atoms with Gasteiger partial charge in [-0.05, 0) is 26.2 Å². The molecule has 1 aromatic rings. The fourth-order valence-electron chi connectivity index (χ4n) is 4.35. The summed E-state index contributed by atoms with van der Waals surface area (Å²) >= 11 is 0. The first-order chi connectivity index (χ1) is 13.3. The number of benzene rings is 1. The van der Waals surface area contributed by atoms with Crippen LogP contribution < -0.4 is 9.80 Å². The number of hydrogen-bond acceptors (Lipinski definition) is 5.